The first-order valence-corrected chi connectivity index (χ1v) is 6.98. The number of nitrogens with zero attached hydrogens (tertiary/aromatic N) is 2. The van der Waals surface area contributed by atoms with Crippen LogP contribution < -0.4 is 4.74 Å². The number of aryl methyl sites for hydroxylation is 2. The van der Waals surface area contributed by atoms with Crippen molar-refractivity contribution in [2.24, 2.45) is 7.05 Å². The Labute approximate surface area is 125 Å². The van der Waals surface area contributed by atoms with Crippen LogP contribution in [0.15, 0.2) is 30.3 Å². The van der Waals surface area contributed by atoms with Crippen LogP contribution in [0.3, 0.4) is 0 Å². The molecule has 1 heterocycles. The lowest BCUT2D eigenvalue weighted by Crippen LogP contribution is -1.99. The van der Waals surface area contributed by atoms with Gasteiger partial charge in [-0.2, -0.15) is 5.10 Å². The van der Waals surface area contributed by atoms with Gasteiger partial charge in [-0.05, 0) is 44.5 Å². The van der Waals surface area contributed by atoms with Crippen LogP contribution in [0.4, 0.5) is 0 Å². The Kier molecular flexibility index (Phi) is 4.58. The third-order valence-electron chi connectivity index (χ3n) is 3.35. The molecule has 0 amide bonds. The van der Waals surface area contributed by atoms with Gasteiger partial charge in [0, 0.05) is 12.7 Å². The number of hydrogen-bond donors (Lipinski definition) is 0. The Morgan fingerprint density at radius 2 is 2.14 bits per heavy atom. The number of allylic oxidation sites excluding steroid dienone is 1. The fourth-order valence-electron chi connectivity index (χ4n) is 2.26. The maximum Gasteiger partial charge on any atom is 0.189 e. The van der Waals surface area contributed by atoms with Crippen molar-refractivity contribution in [2.45, 2.75) is 20.8 Å². The van der Waals surface area contributed by atoms with Crippen LogP contribution in [0.5, 0.6) is 5.75 Å². The number of carbonyl (C=O) groups excluding carboxylic acids is 1. The average molecular weight is 284 g/mol. The molecule has 110 valence electrons. The Morgan fingerprint density at radius 1 is 1.38 bits per heavy atom. The first-order valence-electron chi connectivity index (χ1n) is 6.98. The summed E-state index contributed by atoms with van der Waals surface area (Å²) in [6, 6.07) is 7.67. The quantitative estimate of drug-likeness (QED) is 0.625. The smallest absolute Gasteiger partial charge is 0.189 e. The number of ether oxygens (including phenoxy) is 1. The van der Waals surface area contributed by atoms with Crippen molar-refractivity contribution in [3.63, 3.8) is 0 Å². The van der Waals surface area contributed by atoms with Crippen molar-refractivity contribution >= 4 is 11.9 Å². The van der Waals surface area contributed by atoms with Crippen molar-refractivity contribution in [3.8, 4) is 5.75 Å². The van der Waals surface area contributed by atoms with E-state index in [2.05, 4.69) is 5.10 Å². The van der Waals surface area contributed by atoms with E-state index in [1.807, 2.05) is 52.1 Å². The van der Waals surface area contributed by atoms with Crippen LogP contribution in [0.25, 0.3) is 6.08 Å². The first kappa shape index (κ1) is 15.0. The summed E-state index contributed by atoms with van der Waals surface area (Å²) >= 11 is 0. The molecule has 21 heavy (non-hydrogen) atoms. The van der Waals surface area contributed by atoms with Crippen molar-refractivity contribution < 1.29 is 9.53 Å². The van der Waals surface area contributed by atoms with Gasteiger partial charge in [0.25, 0.3) is 0 Å². The van der Waals surface area contributed by atoms with Gasteiger partial charge in [-0.1, -0.05) is 18.2 Å². The van der Waals surface area contributed by atoms with Crippen LogP contribution in [-0.4, -0.2) is 22.2 Å². The fourth-order valence-corrected chi connectivity index (χ4v) is 2.26. The van der Waals surface area contributed by atoms with E-state index in [0.717, 1.165) is 22.7 Å². The summed E-state index contributed by atoms with van der Waals surface area (Å²) in [5, 5.41) is 4.27. The summed E-state index contributed by atoms with van der Waals surface area (Å²) in [6.07, 6.45) is 3.39. The molecule has 0 fully saturated rings. The van der Waals surface area contributed by atoms with Crippen LogP contribution in [0.1, 0.15) is 34.2 Å². The molecular weight excluding hydrogens is 264 g/mol. The molecule has 2 rings (SSSR count). The fraction of sp³-hybridized carbons (Fsp3) is 0.294. The van der Waals surface area contributed by atoms with Crippen molar-refractivity contribution in [1.29, 1.82) is 0 Å². The Hall–Kier alpha value is -2.36. The van der Waals surface area contributed by atoms with Crippen molar-refractivity contribution in [2.75, 3.05) is 6.61 Å². The van der Waals surface area contributed by atoms with Crippen LogP contribution >= 0.6 is 0 Å². The number of benzene rings is 1. The number of hydrogen-bond acceptors (Lipinski definition) is 3. The van der Waals surface area contributed by atoms with Crippen LogP contribution in [0, 0.1) is 13.8 Å². The van der Waals surface area contributed by atoms with Gasteiger partial charge in [0.1, 0.15) is 5.75 Å². The molecule has 0 N–H and O–H groups in total. The Morgan fingerprint density at radius 3 is 2.76 bits per heavy atom. The predicted octanol–water partition coefficient (Wildman–Crippen LogP) is 3.33. The summed E-state index contributed by atoms with van der Waals surface area (Å²) < 4.78 is 7.18. The van der Waals surface area contributed by atoms with Gasteiger partial charge in [-0.25, -0.2) is 0 Å². The van der Waals surface area contributed by atoms with E-state index in [4.69, 9.17) is 4.74 Å². The van der Waals surface area contributed by atoms with E-state index in [1.165, 1.54) is 0 Å². The zero-order chi connectivity index (χ0) is 15.4. The molecule has 2 aromatic rings. The Bertz CT molecular complexity index is 684. The zero-order valence-corrected chi connectivity index (χ0v) is 12.9. The summed E-state index contributed by atoms with van der Waals surface area (Å²) in [5.74, 6) is 0.778. The molecule has 0 aliphatic rings. The molecule has 1 aromatic carbocycles. The van der Waals surface area contributed by atoms with Crippen molar-refractivity contribution in [3.05, 3.63) is 52.9 Å². The third kappa shape index (κ3) is 3.40. The molecule has 1 aromatic heterocycles. The van der Waals surface area contributed by atoms with E-state index in [1.54, 1.807) is 16.8 Å². The van der Waals surface area contributed by atoms with Gasteiger partial charge in [-0.3, -0.25) is 9.48 Å². The average Bonchev–Trinajstić information content (AvgIpc) is 2.70. The highest BCUT2D eigenvalue weighted by Crippen LogP contribution is 2.16. The summed E-state index contributed by atoms with van der Waals surface area (Å²) in [6.45, 7) is 6.32. The number of ketones is 1. The predicted molar refractivity (Wildman–Crippen MR) is 83.7 cm³/mol. The molecule has 0 bridgehead atoms. The Balaban J connectivity index is 2.21. The van der Waals surface area contributed by atoms with Gasteiger partial charge < -0.3 is 4.74 Å². The largest absolute Gasteiger partial charge is 0.494 e. The topological polar surface area (TPSA) is 44.1 Å². The third-order valence-corrected chi connectivity index (χ3v) is 3.35. The van der Waals surface area contributed by atoms with Gasteiger partial charge in [0.2, 0.25) is 0 Å². The molecule has 0 aliphatic carbocycles. The minimum absolute atomic E-state index is 0.0279. The normalized spacial score (nSPS) is 11.0. The number of rotatable bonds is 5. The van der Waals surface area contributed by atoms with E-state index >= 15 is 0 Å². The maximum absolute atomic E-state index is 12.3. The monoisotopic (exact) mass is 284 g/mol. The number of aromatic nitrogens is 2. The standard InChI is InChI=1S/C17H20N2O2/c1-5-21-15-8-6-7-14(11-15)9-10-16(20)17-12(2)18-19(4)13(17)3/h6-11H,5H2,1-4H3/b10-9+. The van der Waals surface area contributed by atoms with Crippen LogP contribution in [-0.2, 0) is 7.05 Å². The summed E-state index contributed by atoms with van der Waals surface area (Å²) in [5.41, 5.74) is 3.25. The summed E-state index contributed by atoms with van der Waals surface area (Å²) in [4.78, 5) is 12.3. The summed E-state index contributed by atoms with van der Waals surface area (Å²) in [7, 11) is 1.84. The second-order valence-electron chi connectivity index (χ2n) is 4.87. The lowest BCUT2D eigenvalue weighted by molar-refractivity contribution is 0.104. The molecular formula is C17H20N2O2. The maximum atomic E-state index is 12.3. The lowest BCUT2D eigenvalue weighted by atomic mass is 10.1. The van der Waals surface area contributed by atoms with Crippen LogP contribution in [0.2, 0.25) is 0 Å². The molecule has 0 aliphatic heterocycles. The lowest BCUT2D eigenvalue weighted by Gasteiger charge is -2.03. The molecule has 0 unspecified atom stereocenters. The highest BCUT2D eigenvalue weighted by atomic mass is 16.5. The second-order valence-corrected chi connectivity index (χ2v) is 4.87. The number of carbonyl (C=O) groups is 1. The van der Waals surface area contributed by atoms with Gasteiger partial charge >= 0.3 is 0 Å². The molecule has 0 saturated carbocycles. The minimum Gasteiger partial charge on any atom is -0.494 e. The van der Waals surface area contributed by atoms with Crippen molar-refractivity contribution in [1.82, 2.24) is 9.78 Å². The second kappa shape index (κ2) is 6.39. The molecule has 4 nitrogen and oxygen atoms in total. The SMILES string of the molecule is CCOc1cccc(/C=C/C(=O)c2c(C)nn(C)c2C)c1. The van der Waals surface area contributed by atoms with Gasteiger partial charge in [-0.15, -0.1) is 0 Å². The van der Waals surface area contributed by atoms with E-state index < -0.39 is 0 Å². The highest BCUT2D eigenvalue weighted by Gasteiger charge is 2.14. The van der Waals surface area contributed by atoms with Gasteiger partial charge in [0.05, 0.1) is 17.9 Å². The molecule has 0 saturated heterocycles. The van der Waals surface area contributed by atoms with E-state index in [-0.39, 0.29) is 5.78 Å². The van der Waals surface area contributed by atoms with E-state index in [9.17, 15) is 4.79 Å². The highest BCUT2D eigenvalue weighted by molar-refractivity contribution is 6.08. The van der Waals surface area contributed by atoms with Gasteiger partial charge in [0.15, 0.2) is 5.78 Å². The molecule has 4 heteroatoms. The minimum atomic E-state index is -0.0279. The molecule has 0 atom stereocenters. The first-order chi connectivity index (χ1) is 10.0. The zero-order valence-electron chi connectivity index (χ0n) is 12.9. The molecule has 0 radical (unpaired) electrons. The van der Waals surface area contributed by atoms with E-state index in [0.29, 0.717) is 12.2 Å². The molecule has 0 spiro atoms.